The first-order valence-electron chi connectivity index (χ1n) is 7.59. The molecule has 0 saturated heterocycles. The molecule has 1 heterocycles. The van der Waals surface area contributed by atoms with Gasteiger partial charge in [-0.3, -0.25) is 4.79 Å². The maximum Gasteiger partial charge on any atom is 0.313 e. The zero-order chi connectivity index (χ0) is 14.4. The van der Waals surface area contributed by atoms with Crippen LogP contribution < -0.4 is 0 Å². The van der Waals surface area contributed by atoms with E-state index in [1.165, 1.54) is 56.0 Å². The molecule has 0 unspecified atom stereocenters. The van der Waals surface area contributed by atoms with E-state index in [2.05, 4.69) is 16.5 Å². The van der Waals surface area contributed by atoms with Crippen LogP contribution >= 0.6 is 11.8 Å². The van der Waals surface area contributed by atoms with Crippen LogP contribution in [0.3, 0.4) is 0 Å². The fraction of sp³-hybridized carbons (Fsp3) is 0.733. The van der Waals surface area contributed by atoms with Crippen molar-refractivity contribution in [2.45, 2.75) is 63.6 Å². The average molecular weight is 296 g/mol. The molecule has 1 saturated carbocycles. The topological polar surface area (TPSA) is 55.1 Å². The Morgan fingerprint density at radius 1 is 1.50 bits per heavy atom. The number of hydrogen-bond donors (Lipinski definition) is 1. The van der Waals surface area contributed by atoms with E-state index in [0.717, 1.165) is 24.0 Å². The molecule has 112 valence electrons. The Bertz CT molecular complexity index is 439. The number of rotatable bonds is 8. The average Bonchev–Trinajstić information content (AvgIpc) is 3.06. The van der Waals surface area contributed by atoms with Gasteiger partial charge in [-0.1, -0.05) is 44.4 Å². The van der Waals surface area contributed by atoms with E-state index in [1.54, 1.807) is 0 Å². The first kappa shape index (κ1) is 15.4. The lowest BCUT2D eigenvalue weighted by molar-refractivity contribution is -0.133. The van der Waals surface area contributed by atoms with Crippen LogP contribution in [0, 0.1) is 5.92 Å². The zero-order valence-corrected chi connectivity index (χ0v) is 13.0. The minimum Gasteiger partial charge on any atom is -0.481 e. The molecule has 0 aromatic carbocycles. The van der Waals surface area contributed by atoms with Crippen LogP contribution in [-0.4, -0.2) is 26.4 Å². The Labute approximate surface area is 125 Å². The normalized spacial score (nSPS) is 15.8. The summed E-state index contributed by atoms with van der Waals surface area (Å²) in [7, 11) is 0. The second kappa shape index (κ2) is 7.72. The molecular weight excluding hydrogens is 272 g/mol. The molecule has 1 aromatic rings. The Kier molecular flexibility index (Phi) is 5.95. The van der Waals surface area contributed by atoms with Crippen LogP contribution in [0.1, 0.15) is 51.1 Å². The molecule has 20 heavy (non-hydrogen) atoms. The number of thioether (sulfide) groups is 1. The van der Waals surface area contributed by atoms with E-state index in [0.29, 0.717) is 0 Å². The molecule has 0 amide bonds. The number of aliphatic carboxylic acids is 1. The highest BCUT2D eigenvalue weighted by Gasteiger charge is 2.15. The monoisotopic (exact) mass is 296 g/mol. The van der Waals surface area contributed by atoms with Gasteiger partial charge in [0.05, 0.1) is 5.75 Å². The molecule has 2 rings (SSSR count). The lowest BCUT2D eigenvalue weighted by atomic mass is 10.0. The molecule has 1 N–H and O–H groups in total. The molecule has 0 atom stereocenters. The second-order valence-electron chi connectivity index (χ2n) is 5.51. The Balaban J connectivity index is 1.89. The standard InChI is InChI=1S/C15H24N2O2S/c1-2-13-10-16-15(20-11-14(18)19)17(13)9-5-8-12-6-3-4-7-12/h10,12H,2-9,11H2,1H3,(H,18,19). The van der Waals surface area contributed by atoms with Crippen LogP contribution in [0.25, 0.3) is 0 Å². The quantitative estimate of drug-likeness (QED) is 0.745. The molecule has 5 heteroatoms. The first-order valence-corrected chi connectivity index (χ1v) is 8.58. The van der Waals surface area contributed by atoms with Gasteiger partial charge in [0.2, 0.25) is 0 Å². The van der Waals surface area contributed by atoms with Crippen LogP contribution in [0.2, 0.25) is 0 Å². The van der Waals surface area contributed by atoms with Gasteiger partial charge in [0.1, 0.15) is 0 Å². The van der Waals surface area contributed by atoms with Crippen molar-refractivity contribution < 1.29 is 9.90 Å². The fourth-order valence-corrected chi connectivity index (χ4v) is 3.74. The van der Waals surface area contributed by atoms with Crippen LogP contribution in [0.5, 0.6) is 0 Å². The summed E-state index contributed by atoms with van der Waals surface area (Å²) in [6.07, 6.45) is 10.9. The van der Waals surface area contributed by atoms with Crippen molar-refractivity contribution in [3.63, 3.8) is 0 Å². The summed E-state index contributed by atoms with van der Waals surface area (Å²) in [5.41, 5.74) is 1.21. The van der Waals surface area contributed by atoms with Gasteiger partial charge in [-0.05, 0) is 25.2 Å². The lowest BCUT2D eigenvalue weighted by Gasteiger charge is -2.12. The maximum atomic E-state index is 10.7. The third-order valence-electron chi connectivity index (χ3n) is 4.06. The van der Waals surface area contributed by atoms with Crippen LogP contribution in [0.15, 0.2) is 11.4 Å². The van der Waals surface area contributed by atoms with E-state index in [-0.39, 0.29) is 5.75 Å². The van der Waals surface area contributed by atoms with Crippen molar-refractivity contribution in [3.05, 3.63) is 11.9 Å². The van der Waals surface area contributed by atoms with Gasteiger partial charge < -0.3 is 9.67 Å². The molecule has 1 aromatic heterocycles. The molecule has 1 aliphatic rings. The van der Waals surface area contributed by atoms with Crippen molar-refractivity contribution in [1.29, 1.82) is 0 Å². The number of carboxylic acid groups (broad SMARTS) is 1. The molecule has 1 aliphatic carbocycles. The largest absolute Gasteiger partial charge is 0.481 e. The van der Waals surface area contributed by atoms with E-state index < -0.39 is 5.97 Å². The minimum absolute atomic E-state index is 0.0861. The van der Waals surface area contributed by atoms with E-state index >= 15 is 0 Å². The number of carboxylic acids is 1. The van der Waals surface area contributed by atoms with Crippen LogP contribution in [0.4, 0.5) is 0 Å². The number of aromatic nitrogens is 2. The fourth-order valence-electron chi connectivity index (χ4n) is 2.99. The summed E-state index contributed by atoms with van der Waals surface area (Å²) in [6.45, 7) is 3.09. The summed E-state index contributed by atoms with van der Waals surface area (Å²) < 4.78 is 2.21. The Hall–Kier alpha value is -0.970. The van der Waals surface area contributed by atoms with E-state index in [4.69, 9.17) is 5.11 Å². The van der Waals surface area contributed by atoms with Gasteiger partial charge in [-0.25, -0.2) is 4.98 Å². The highest BCUT2D eigenvalue weighted by molar-refractivity contribution is 7.99. The van der Waals surface area contributed by atoms with Gasteiger partial charge in [0.25, 0.3) is 0 Å². The van der Waals surface area contributed by atoms with Crippen molar-refractivity contribution in [3.8, 4) is 0 Å². The molecule has 4 nitrogen and oxygen atoms in total. The Morgan fingerprint density at radius 2 is 2.25 bits per heavy atom. The van der Waals surface area contributed by atoms with Crippen molar-refractivity contribution >= 4 is 17.7 Å². The summed E-state index contributed by atoms with van der Waals surface area (Å²) in [6, 6.07) is 0. The Morgan fingerprint density at radius 3 is 2.90 bits per heavy atom. The van der Waals surface area contributed by atoms with Crippen molar-refractivity contribution in [1.82, 2.24) is 9.55 Å². The van der Waals surface area contributed by atoms with Gasteiger partial charge >= 0.3 is 5.97 Å². The minimum atomic E-state index is -0.784. The highest BCUT2D eigenvalue weighted by atomic mass is 32.2. The molecule has 0 radical (unpaired) electrons. The number of aryl methyl sites for hydroxylation is 1. The van der Waals surface area contributed by atoms with Crippen LogP contribution in [-0.2, 0) is 17.8 Å². The van der Waals surface area contributed by atoms with Crippen molar-refractivity contribution in [2.75, 3.05) is 5.75 Å². The molecule has 0 spiro atoms. The SMILES string of the molecule is CCc1cnc(SCC(=O)O)n1CCCC1CCCC1. The summed E-state index contributed by atoms with van der Waals surface area (Å²) in [5, 5.41) is 9.65. The molecule has 1 fully saturated rings. The van der Waals surface area contributed by atoms with Gasteiger partial charge in [0.15, 0.2) is 5.16 Å². The highest BCUT2D eigenvalue weighted by Crippen LogP contribution is 2.29. The second-order valence-corrected chi connectivity index (χ2v) is 6.45. The summed E-state index contributed by atoms with van der Waals surface area (Å²) >= 11 is 1.33. The summed E-state index contributed by atoms with van der Waals surface area (Å²) in [4.78, 5) is 15.1. The lowest BCUT2D eigenvalue weighted by Crippen LogP contribution is -2.07. The van der Waals surface area contributed by atoms with Gasteiger partial charge in [0, 0.05) is 18.4 Å². The molecule has 0 bridgehead atoms. The maximum absolute atomic E-state index is 10.7. The van der Waals surface area contributed by atoms with Gasteiger partial charge in [-0.15, -0.1) is 0 Å². The number of hydrogen-bond acceptors (Lipinski definition) is 3. The molecule has 0 aliphatic heterocycles. The zero-order valence-electron chi connectivity index (χ0n) is 12.2. The molecular formula is C15H24N2O2S. The third-order valence-corrected chi connectivity index (χ3v) is 5.03. The van der Waals surface area contributed by atoms with Gasteiger partial charge in [-0.2, -0.15) is 0 Å². The van der Waals surface area contributed by atoms with E-state index in [9.17, 15) is 4.79 Å². The number of imidazole rings is 1. The van der Waals surface area contributed by atoms with Crippen molar-refractivity contribution in [2.24, 2.45) is 5.92 Å². The predicted molar refractivity (Wildman–Crippen MR) is 81.2 cm³/mol. The third kappa shape index (κ3) is 4.27. The first-order chi connectivity index (χ1) is 9.70. The smallest absolute Gasteiger partial charge is 0.313 e. The number of carbonyl (C=O) groups is 1. The van der Waals surface area contributed by atoms with E-state index in [1.807, 2.05) is 6.20 Å². The predicted octanol–water partition coefficient (Wildman–Crippen LogP) is 3.59. The number of nitrogens with zero attached hydrogens (tertiary/aromatic N) is 2. The summed E-state index contributed by atoms with van der Waals surface area (Å²) in [5.74, 6) is 0.218.